The zero-order chi connectivity index (χ0) is 86.3. The van der Waals surface area contributed by atoms with Gasteiger partial charge in [0.1, 0.15) is 47.1 Å². The summed E-state index contributed by atoms with van der Waals surface area (Å²) < 4.78 is 127. The standard InChI is InChI=1S/C98H137NO17SSi3/c1-21-57-105-58-41-42-70-60-67(7)80(106-70)55-53-71-59-66(6)68(8)82(107-71)64-83-86(87(104-20)84(109-83)63-73-65-99(98(18,19)112-73)94(101)113-95(9,10)11)93(117(102,103)74-43-31-26-32-44-74)79(100)61-72-54-56-81-88(108-72)92(116-120(97(15,16)17,77-49-37-29-38-50-77)78-51-39-30-40-52-78)91-90(110-81)89(85(111-91)62-69(22-2)114-118(23-3,24-4)25-5)115-119(96(12,13)14,75-45-33-27-34-46-75)76-47-35-28-36-48-76/h21-22,26-52,66,69-73,80-93H,1-2,7-8,23-25,53-65H2,3-6,9-20H3/b42-41+/t66-,69?,70+,71+,72-,73+,80+,81+,82-,83+,84-,85-,86+,87+,88+,89+,90+,91-,92+,93-/m1/s1. The van der Waals surface area contributed by atoms with E-state index >= 15 is 13.2 Å². The molecule has 0 saturated carbocycles. The van der Waals surface area contributed by atoms with E-state index in [0.29, 0.717) is 58.2 Å². The number of carbonyl (C=O) groups excluding carboxylic acids is 2. The Hall–Kier alpha value is -6.14. The van der Waals surface area contributed by atoms with Crippen LogP contribution in [-0.4, -0.2) is 197 Å². The number of ketones is 1. The van der Waals surface area contributed by atoms with Crippen LogP contribution in [0.1, 0.15) is 168 Å². The Morgan fingerprint density at radius 3 is 1.69 bits per heavy atom. The number of amides is 1. The van der Waals surface area contributed by atoms with E-state index in [0.717, 1.165) is 50.0 Å². The second kappa shape index (κ2) is 39.2. The van der Waals surface area contributed by atoms with Crippen LogP contribution in [-0.2, 0) is 75.3 Å². The van der Waals surface area contributed by atoms with Crippen molar-refractivity contribution < 1.29 is 78.7 Å². The summed E-state index contributed by atoms with van der Waals surface area (Å²) in [5.74, 6) is -1.69. The third-order valence-electron chi connectivity index (χ3n) is 26.5. The number of benzene rings is 5. The number of hydrogen-bond acceptors (Lipinski definition) is 17. The Bertz CT molecular complexity index is 4290. The molecule has 120 heavy (non-hydrogen) atoms. The highest BCUT2D eigenvalue weighted by Gasteiger charge is 2.66. The number of methoxy groups -OCH3 is 1. The summed E-state index contributed by atoms with van der Waals surface area (Å²) in [4.78, 5) is 32.5. The maximum absolute atomic E-state index is 17.0. The van der Waals surface area contributed by atoms with E-state index in [4.69, 9.17) is 60.6 Å². The summed E-state index contributed by atoms with van der Waals surface area (Å²) in [6, 6.07) is 53.7. The van der Waals surface area contributed by atoms with Crippen LogP contribution >= 0.6 is 0 Å². The molecule has 7 aliphatic heterocycles. The van der Waals surface area contributed by atoms with Crippen LogP contribution in [0.3, 0.4) is 0 Å². The van der Waals surface area contributed by atoms with Crippen molar-refractivity contribution in [3.8, 4) is 0 Å². The number of rotatable bonds is 35. The molecule has 1 amide bonds. The van der Waals surface area contributed by atoms with Crippen molar-refractivity contribution in [2.75, 3.05) is 26.9 Å². The highest BCUT2D eigenvalue weighted by Crippen LogP contribution is 2.51. The van der Waals surface area contributed by atoms with Crippen molar-refractivity contribution in [3.05, 3.63) is 213 Å². The molecule has 5 aromatic carbocycles. The third-order valence-corrected chi connectivity index (χ3v) is 43.4. The maximum atomic E-state index is 17.0. The van der Waals surface area contributed by atoms with E-state index in [-0.39, 0.29) is 54.9 Å². The van der Waals surface area contributed by atoms with Gasteiger partial charge in [0.05, 0.1) is 97.9 Å². The van der Waals surface area contributed by atoms with Gasteiger partial charge in [-0.2, -0.15) is 0 Å². The Morgan fingerprint density at radius 1 is 0.617 bits per heavy atom. The smallest absolute Gasteiger partial charge is 0.412 e. The first-order chi connectivity index (χ1) is 57.1. The summed E-state index contributed by atoms with van der Waals surface area (Å²) >= 11 is 0. The molecule has 0 aromatic heterocycles. The van der Waals surface area contributed by atoms with Crippen molar-refractivity contribution >= 4 is 67.4 Å². The van der Waals surface area contributed by atoms with Gasteiger partial charge in [0.15, 0.2) is 23.9 Å². The van der Waals surface area contributed by atoms with Crippen LogP contribution in [0, 0.1) is 11.8 Å². The van der Waals surface area contributed by atoms with Crippen molar-refractivity contribution in [1.29, 1.82) is 0 Å². The molecule has 7 saturated heterocycles. The van der Waals surface area contributed by atoms with Crippen LogP contribution in [0.25, 0.3) is 0 Å². The lowest BCUT2D eigenvalue weighted by Crippen LogP contribution is -2.73. The van der Waals surface area contributed by atoms with Gasteiger partial charge in [0, 0.05) is 45.1 Å². The molecule has 1 unspecified atom stereocenters. The molecule has 7 fully saturated rings. The van der Waals surface area contributed by atoms with Crippen LogP contribution in [0.15, 0.2) is 218 Å². The zero-order valence-electron chi connectivity index (χ0n) is 74.2. The van der Waals surface area contributed by atoms with Crippen LogP contribution in [0.5, 0.6) is 0 Å². The average Bonchev–Trinajstić information content (AvgIpc) is 1.54. The Balaban J connectivity index is 0.945. The van der Waals surface area contributed by atoms with Crippen LogP contribution in [0.4, 0.5) is 4.79 Å². The fraction of sp³-hybridized carbons (Fsp3) is 0.571. The molecule has 5 aromatic rings. The quantitative estimate of drug-likeness (QED) is 0.0211. The van der Waals surface area contributed by atoms with Crippen LogP contribution in [0.2, 0.25) is 28.2 Å². The van der Waals surface area contributed by atoms with Crippen molar-refractivity contribution in [2.24, 2.45) is 11.8 Å². The van der Waals surface area contributed by atoms with Crippen molar-refractivity contribution in [3.63, 3.8) is 0 Å². The lowest BCUT2D eigenvalue weighted by molar-refractivity contribution is -0.254. The normalized spacial score (nSPS) is 29.3. The van der Waals surface area contributed by atoms with Gasteiger partial charge in [0.25, 0.3) is 16.6 Å². The number of carbonyl (C=O) groups is 2. The second-order valence-electron chi connectivity index (χ2n) is 37.9. The average molecular weight is 1720 g/mol. The maximum Gasteiger partial charge on any atom is 0.412 e. The molecule has 0 aliphatic carbocycles. The molecular weight excluding hydrogens is 1580 g/mol. The SMILES string of the molecule is C=CCOC/C=C/[C@H]1CC(=C)[C@H](CC[C@H]2C[C@@H](C)C(=C)[C@@H](C[C@@H]3O[C@H](C[C@H]4CN(C(=O)OC(C)(C)C)C(C)(C)O4)[C@H](OC)[C@H]3[C@@H](C(=O)C[C@H]3CC[C@@H]4O[C@@H]5[C@@H](O[C@H](CC(C=C)O[Si](CC)(CC)CC)[C@@H]5O[Si](c5ccccc5)(c5ccccc5)C(C)(C)C)[C@@H](O[Si](c5ccccc5)(c5ccccc5)C(C)(C)C)[C@H]4O3)S(=O)(=O)c3ccccc3)O2)O1. The van der Waals surface area contributed by atoms with Crippen molar-refractivity contribution in [1.82, 2.24) is 4.90 Å². The molecule has 7 heterocycles. The van der Waals surface area contributed by atoms with Crippen molar-refractivity contribution in [2.45, 2.75) is 322 Å². The monoisotopic (exact) mass is 1720 g/mol. The summed E-state index contributed by atoms with van der Waals surface area (Å²) in [7, 11) is -12.4. The molecule has 0 radical (unpaired) electrons. The number of ether oxygens (including phenoxy) is 10. The Morgan fingerprint density at radius 2 is 1.17 bits per heavy atom. The summed E-state index contributed by atoms with van der Waals surface area (Å²) in [6.45, 7) is 50.1. The van der Waals surface area contributed by atoms with Gasteiger partial charge < -0.3 is 60.6 Å². The minimum absolute atomic E-state index is 0.00408. The van der Waals surface area contributed by atoms with E-state index in [1.54, 1.807) is 48.4 Å². The number of Topliss-reactive ketones (excluding diaryl/α,β-unsaturated/α-hetero) is 1. The topological polar surface area (TPSA) is 192 Å². The Kier molecular flexibility index (Phi) is 30.4. The fourth-order valence-corrected chi connectivity index (χ4v) is 34.6. The lowest BCUT2D eigenvalue weighted by atomic mass is 9.81. The molecule has 654 valence electrons. The van der Waals surface area contributed by atoms with Gasteiger partial charge in [-0.15, -0.1) is 13.2 Å². The molecule has 0 N–H and O–H groups in total. The highest BCUT2D eigenvalue weighted by molar-refractivity contribution is 7.92. The molecule has 22 heteroatoms. The molecule has 7 aliphatic rings. The van der Waals surface area contributed by atoms with Gasteiger partial charge in [-0.05, 0) is 145 Å². The van der Waals surface area contributed by atoms with Gasteiger partial charge >= 0.3 is 6.09 Å². The van der Waals surface area contributed by atoms with Gasteiger partial charge in [-0.1, -0.05) is 246 Å². The minimum atomic E-state index is -4.64. The second-order valence-corrected chi connectivity index (χ2v) is 53.2. The molecule has 18 nitrogen and oxygen atoms in total. The number of hydrogen-bond donors (Lipinski definition) is 0. The van der Waals surface area contributed by atoms with Gasteiger partial charge in [-0.3, -0.25) is 9.69 Å². The van der Waals surface area contributed by atoms with Gasteiger partial charge in [0.2, 0.25) is 0 Å². The third kappa shape index (κ3) is 20.2. The largest absolute Gasteiger partial charge is 0.444 e. The Labute approximate surface area is 720 Å². The number of sulfone groups is 1. The first-order valence-electron chi connectivity index (χ1n) is 44.1. The first kappa shape index (κ1) is 93.0. The van der Waals surface area contributed by atoms with E-state index in [9.17, 15) is 4.79 Å². The molecular formula is C98H137NO17SSi3. The molecule has 0 spiro atoms. The highest BCUT2D eigenvalue weighted by atomic mass is 32.2. The number of fused-ring (bicyclic) bond motifs is 2. The molecule has 12 rings (SSSR count). The zero-order valence-corrected chi connectivity index (χ0v) is 78.0. The molecule has 0 bridgehead atoms. The van der Waals surface area contributed by atoms with E-state index in [1.165, 1.54) is 0 Å². The predicted octanol–water partition coefficient (Wildman–Crippen LogP) is 16.9. The summed E-state index contributed by atoms with van der Waals surface area (Å²) in [5, 5.41) is 1.60. The van der Waals surface area contributed by atoms with E-state index in [1.807, 2.05) is 65.0 Å². The lowest BCUT2D eigenvalue weighted by Gasteiger charge is -2.53. The van der Waals surface area contributed by atoms with E-state index in [2.05, 4.69) is 205 Å². The number of nitrogens with zero attached hydrogens (tertiary/aromatic N) is 1. The summed E-state index contributed by atoms with van der Waals surface area (Å²) in [6.07, 6.45) is -0.0640. The first-order valence-corrected chi connectivity index (χ1v) is 52.0. The predicted molar refractivity (Wildman–Crippen MR) is 482 cm³/mol. The van der Waals surface area contributed by atoms with E-state index < -0.39 is 165 Å². The molecule has 20 atom stereocenters. The minimum Gasteiger partial charge on any atom is -0.444 e. The van der Waals surface area contributed by atoms with Crippen LogP contribution < -0.4 is 20.7 Å². The fourth-order valence-electron chi connectivity index (χ4n) is 20.3. The summed E-state index contributed by atoms with van der Waals surface area (Å²) in [5.41, 5.74) is -0.0164. The van der Waals surface area contributed by atoms with Gasteiger partial charge in [-0.25, -0.2) is 13.2 Å².